The average Bonchev–Trinajstić information content (AvgIpc) is 0.830. The molecule has 13 rings (SSSR count). The Bertz CT molecular complexity index is 3310. The minimum atomic E-state index is -0.285. The largest absolute Gasteiger partial charge is 0.493 e. The molecule has 0 radical (unpaired) electrons. The number of halogens is 3. The first-order valence-electron chi connectivity index (χ1n) is 33.9. The molecule has 0 aromatic heterocycles. The number of ether oxygens (including phenoxy) is 5. The van der Waals surface area contributed by atoms with Crippen LogP contribution in [0.5, 0.6) is 28.7 Å². The van der Waals surface area contributed by atoms with E-state index in [4.69, 9.17) is 35.3 Å². The number of fused-ring (bicyclic) bond motifs is 5. The van der Waals surface area contributed by atoms with E-state index in [1.165, 1.54) is 41.8 Å². The van der Waals surface area contributed by atoms with Crippen LogP contribution in [0.25, 0.3) is 0 Å². The van der Waals surface area contributed by atoms with Crippen LogP contribution < -0.4 is 43.7 Å². The molecule has 3 amide bonds. The van der Waals surface area contributed by atoms with Crippen molar-refractivity contribution in [3.05, 3.63) is 130 Å². The number of likely N-dealkylation sites (N-methyl/N-ethyl adjacent to an activating group) is 3. The van der Waals surface area contributed by atoms with E-state index in [-0.39, 0.29) is 42.8 Å². The highest BCUT2D eigenvalue weighted by molar-refractivity contribution is 9.09. The molecule has 8 aliphatic rings. The van der Waals surface area contributed by atoms with Gasteiger partial charge in [0, 0.05) is 140 Å². The summed E-state index contributed by atoms with van der Waals surface area (Å²) >= 11 is 11.2. The molecular formula is C75H106Br2ClN9O10. The lowest BCUT2D eigenvalue weighted by Crippen LogP contribution is -2.48. The monoisotopic (exact) mass is 1490 g/mol. The number of amides is 3. The minimum Gasteiger partial charge on any atom is -0.493 e. The van der Waals surface area contributed by atoms with Crippen molar-refractivity contribution in [2.24, 2.45) is 0 Å². The summed E-state index contributed by atoms with van der Waals surface area (Å²) in [5.74, 6) is 5.29. The highest BCUT2D eigenvalue weighted by Crippen LogP contribution is 2.35. The van der Waals surface area contributed by atoms with E-state index in [2.05, 4.69) is 127 Å². The summed E-state index contributed by atoms with van der Waals surface area (Å²) in [7, 11) is 6.41. The van der Waals surface area contributed by atoms with Gasteiger partial charge in [-0.1, -0.05) is 92.9 Å². The van der Waals surface area contributed by atoms with Gasteiger partial charge in [-0.25, -0.2) is 0 Å². The van der Waals surface area contributed by atoms with Crippen molar-refractivity contribution >= 4 is 89.3 Å². The molecule has 19 nitrogen and oxygen atoms in total. The molecule has 0 spiro atoms. The van der Waals surface area contributed by atoms with Crippen molar-refractivity contribution in [2.45, 2.75) is 87.0 Å². The molecule has 1 N–H and O–H groups in total. The van der Waals surface area contributed by atoms with Gasteiger partial charge in [0.1, 0.15) is 55.2 Å². The lowest BCUT2D eigenvalue weighted by Gasteiger charge is -2.34. The van der Waals surface area contributed by atoms with Crippen LogP contribution in [-0.4, -0.2) is 229 Å². The normalized spacial score (nSPS) is 17.0. The Morgan fingerprint density at radius 1 is 0.464 bits per heavy atom. The molecule has 532 valence electrons. The second-order valence-corrected chi connectivity index (χ2v) is 27.3. The number of hydrogen-bond acceptors (Lipinski definition) is 16. The molecule has 5 aromatic carbocycles. The van der Waals surface area contributed by atoms with Gasteiger partial charge in [-0.05, 0) is 151 Å². The van der Waals surface area contributed by atoms with Crippen LogP contribution in [0, 0.1) is 34.6 Å². The predicted octanol–water partition coefficient (Wildman–Crippen LogP) is 10.7. The third kappa shape index (κ3) is 26.7. The van der Waals surface area contributed by atoms with Gasteiger partial charge in [-0.15, -0.1) is 0 Å². The minimum absolute atomic E-state index is 0. The first-order valence-corrected chi connectivity index (χ1v) is 36.5. The Kier molecular flexibility index (Phi) is 34.5. The maximum absolute atomic E-state index is 12.6. The molecule has 0 aliphatic carbocycles. The van der Waals surface area contributed by atoms with Gasteiger partial charge < -0.3 is 68.2 Å². The Balaban J connectivity index is 0.000000186. The second kappa shape index (κ2) is 42.0. The number of hydrogen-bond donors (Lipinski definition) is 1. The number of benzene rings is 5. The summed E-state index contributed by atoms with van der Waals surface area (Å²) < 4.78 is 27.6. The Morgan fingerprint density at radius 3 is 1.40 bits per heavy atom. The number of aryl methyl sites for hydroxylation is 6. The van der Waals surface area contributed by atoms with E-state index in [1.54, 1.807) is 0 Å². The molecule has 0 unspecified atom stereocenters. The van der Waals surface area contributed by atoms with E-state index in [9.17, 15) is 24.0 Å². The van der Waals surface area contributed by atoms with Gasteiger partial charge >= 0.3 is 0 Å². The number of alkyl halides is 2. The van der Waals surface area contributed by atoms with Crippen molar-refractivity contribution in [1.82, 2.24) is 29.8 Å². The topological polar surface area (TPSA) is 169 Å². The van der Waals surface area contributed by atoms with Crippen LogP contribution in [0.2, 0.25) is 0 Å². The average molecular weight is 1490 g/mol. The molecule has 0 saturated carbocycles. The fraction of sp³-hybridized carbons (Fsp3) is 0.533. The Morgan fingerprint density at radius 2 is 0.897 bits per heavy atom. The maximum atomic E-state index is 12.6. The van der Waals surface area contributed by atoms with Crippen molar-refractivity contribution in [2.75, 3.05) is 191 Å². The smallest absolute Gasteiger partial charge is 0.228 e. The zero-order valence-electron chi connectivity index (χ0n) is 57.9. The highest BCUT2D eigenvalue weighted by Gasteiger charge is 2.27. The number of ketones is 1. The van der Waals surface area contributed by atoms with Crippen molar-refractivity contribution < 1.29 is 47.7 Å². The van der Waals surface area contributed by atoms with Crippen LogP contribution in [0.3, 0.4) is 0 Å². The molecule has 3 saturated heterocycles. The number of carbonyl (C=O) groups excluding carboxylic acids is 5. The molecular weight excluding hydrogens is 1380 g/mol. The molecule has 0 bridgehead atoms. The highest BCUT2D eigenvalue weighted by atomic mass is 79.9. The van der Waals surface area contributed by atoms with E-state index < -0.39 is 0 Å². The molecule has 0 atom stereocenters. The van der Waals surface area contributed by atoms with E-state index >= 15 is 0 Å². The number of carbonyl (C=O) groups is 5. The summed E-state index contributed by atoms with van der Waals surface area (Å²) in [4.78, 5) is 75.0. The lowest BCUT2D eigenvalue weighted by molar-refractivity contribution is -0.132. The summed E-state index contributed by atoms with van der Waals surface area (Å²) in [6.07, 6.45) is 4.97. The zero-order valence-corrected chi connectivity index (χ0v) is 61.8. The number of anilines is 3. The molecule has 3 fully saturated rings. The lowest BCUT2D eigenvalue weighted by atomic mass is 10.0. The third-order valence-electron chi connectivity index (χ3n) is 17.3. The number of piperazine rings is 3. The molecule has 97 heavy (non-hydrogen) atoms. The van der Waals surface area contributed by atoms with Gasteiger partial charge in [0.05, 0.1) is 43.3 Å². The SMILES string of the molecule is C.CN1CCNCC1.Cc1ccc2c(c1)CC(=O)CO2.Cc1ccc2c(c1)CCCO2.Cc1ccc2c(c1)N(C(=O)CCBr)CCO2.Cc1ccc2c(c1)N(C(=O)CCN1CCN(C)CC1)CCO2.Cc1ccc2c(c1)N(CCC(=O)N1CCN(C)CC1)CCO2.O=C(Cl)CCBr. The van der Waals surface area contributed by atoms with Crippen LogP contribution in [0.15, 0.2) is 91.0 Å². The van der Waals surface area contributed by atoms with Crippen LogP contribution >= 0.6 is 43.5 Å². The van der Waals surface area contributed by atoms with Crippen LogP contribution in [-0.2, 0) is 36.8 Å². The number of nitrogens with zero attached hydrogens (tertiary/aromatic N) is 8. The van der Waals surface area contributed by atoms with Gasteiger partial charge in [-0.3, -0.25) is 24.0 Å². The third-order valence-corrected chi connectivity index (χ3v) is 18.3. The van der Waals surface area contributed by atoms with E-state index in [1.807, 2.05) is 96.1 Å². The summed E-state index contributed by atoms with van der Waals surface area (Å²) in [6.45, 7) is 29.7. The standard InChI is InChI=1S/2C17H25N3O2.C12H14BrNO2.C10H10O2.C10H12O.C5H12N2.C3H4BrClO.CH4/c1-14-3-4-16-15(13-14)19(11-12-22-16)6-5-17(21)20-9-7-18(2)8-10-20;1-14-3-4-16-15(13-14)20(11-12-22-16)17(21)5-6-19-9-7-18(2)8-10-19;1-9-2-3-11-10(8-9)14(6-7-16-11)12(15)4-5-13;1-7-2-3-10-8(4-7)5-9(11)6-12-10;1-8-4-5-10-9(7-8)3-2-6-11-10;1-7-4-2-6-3-5-7;4-2-1-3(5)6;/h2*3-4,13H,5-12H2,1-2H3;2-3,8H,4-7H2,1H3;2-4H,5-6H2,1H3;4-5,7H,2-3,6H2,1H3;6H,2-5H2,1H3;1-2H2;1H4. The second-order valence-electron chi connectivity index (χ2n) is 25.3. The van der Waals surface area contributed by atoms with Gasteiger partial charge in [0.2, 0.25) is 23.0 Å². The summed E-state index contributed by atoms with van der Waals surface area (Å²) in [5, 5.41) is 4.35. The predicted molar refractivity (Wildman–Crippen MR) is 399 cm³/mol. The van der Waals surface area contributed by atoms with E-state index in [0.717, 1.165) is 161 Å². The van der Waals surface area contributed by atoms with Crippen LogP contribution in [0.1, 0.15) is 78.5 Å². The van der Waals surface area contributed by atoms with Gasteiger partial charge in [0.25, 0.3) is 0 Å². The zero-order chi connectivity index (χ0) is 68.9. The molecule has 5 aromatic rings. The van der Waals surface area contributed by atoms with Crippen molar-refractivity contribution in [3.63, 3.8) is 0 Å². The first kappa shape index (κ1) is 79.7. The Labute approximate surface area is 599 Å². The van der Waals surface area contributed by atoms with Gasteiger partial charge in [-0.2, -0.15) is 0 Å². The molecule has 22 heteroatoms. The number of rotatable bonds is 10. The fourth-order valence-corrected chi connectivity index (χ4v) is 12.7. The van der Waals surface area contributed by atoms with E-state index in [0.29, 0.717) is 75.7 Å². The number of Topliss-reactive ketones (excluding diaryl/α,β-unsaturated/α-hetero) is 1. The van der Waals surface area contributed by atoms with Gasteiger partial charge in [0.15, 0.2) is 5.78 Å². The van der Waals surface area contributed by atoms with Crippen molar-refractivity contribution in [3.8, 4) is 28.7 Å². The number of nitrogens with one attached hydrogen (secondary N) is 1. The molecule has 8 aliphatic heterocycles. The maximum Gasteiger partial charge on any atom is 0.228 e. The summed E-state index contributed by atoms with van der Waals surface area (Å²) in [5.41, 5.74) is 11.4. The molecule has 8 heterocycles. The summed E-state index contributed by atoms with van der Waals surface area (Å²) in [6, 6.07) is 30.5. The Hall–Kier alpha value is -6.30. The fourth-order valence-electron chi connectivity index (χ4n) is 11.7. The first-order chi connectivity index (χ1) is 46.3. The van der Waals surface area contributed by atoms with Crippen LogP contribution in [0.4, 0.5) is 17.1 Å². The van der Waals surface area contributed by atoms with Crippen molar-refractivity contribution in [1.29, 1.82) is 0 Å². The quantitative estimate of drug-likeness (QED) is 0.103.